The molecule has 2 rings (SSSR count). The summed E-state index contributed by atoms with van der Waals surface area (Å²) in [6.45, 7) is 0.0664. The lowest BCUT2D eigenvalue weighted by atomic mass is 10.2. The van der Waals surface area contributed by atoms with E-state index in [1.807, 2.05) is 6.07 Å². The van der Waals surface area contributed by atoms with Gasteiger partial charge in [0, 0.05) is 5.56 Å². The highest BCUT2D eigenvalue weighted by Gasteiger charge is 2.18. The summed E-state index contributed by atoms with van der Waals surface area (Å²) >= 11 is 0. The molecule has 1 heterocycles. The van der Waals surface area contributed by atoms with E-state index >= 15 is 0 Å². The summed E-state index contributed by atoms with van der Waals surface area (Å²) in [6.07, 6.45) is 3.01. The lowest BCUT2D eigenvalue weighted by Crippen LogP contribution is -2.08. The molecule has 0 atom stereocenters. The standard InChI is InChI=1S/C12H11NO5S/c14-13(6-10-4-2-1-3-5-10)7-11-8-18-9-12(11)19(15,16)17/h1-5,7-9H,6H2,(H,15,16,17). The Kier molecular flexibility index (Phi) is 3.68. The minimum Gasteiger partial charge on any atom is -0.624 e. The highest BCUT2D eigenvalue weighted by atomic mass is 32.2. The van der Waals surface area contributed by atoms with Crippen LogP contribution in [0, 0.1) is 5.21 Å². The molecule has 1 aromatic carbocycles. The highest BCUT2D eigenvalue weighted by molar-refractivity contribution is 7.86. The minimum absolute atomic E-state index is 0.00781. The third-order valence-corrected chi connectivity index (χ3v) is 3.28. The largest absolute Gasteiger partial charge is 0.624 e. The second kappa shape index (κ2) is 5.25. The van der Waals surface area contributed by atoms with E-state index in [-0.39, 0.29) is 12.1 Å². The van der Waals surface area contributed by atoms with E-state index in [0.717, 1.165) is 24.3 Å². The third kappa shape index (κ3) is 3.43. The molecule has 1 N–H and O–H groups in total. The van der Waals surface area contributed by atoms with Gasteiger partial charge in [0.1, 0.15) is 17.4 Å². The van der Waals surface area contributed by atoms with Crippen LogP contribution < -0.4 is 0 Å². The molecule has 0 fully saturated rings. The van der Waals surface area contributed by atoms with Gasteiger partial charge in [0.25, 0.3) is 10.1 Å². The van der Waals surface area contributed by atoms with Crippen LogP contribution in [0.15, 0.2) is 52.2 Å². The molecule has 0 unspecified atom stereocenters. The van der Waals surface area contributed by atoms with Gasteiger partial charge in [-0.05, 0) is 0 Å². The van der Waals surface area contributed by atoms with Crippen LogP contribution in [0.25, 0.3) is 0 Å². The molecule has 0 radical (unpaired) electrons. The van der Waals surface area contributed by atoms with Crippen molar-refractivity contribution in [2.45, 2.75) is 11.4 Å². The van der Waals surface area contributed by atoms with E-state index < -0.39 is 15.0 Å². The van der Waals surface area contributed by atoms with Gasteiger partial charge in [0.2, 0.25) is 0 Å². The number of benzene rings is 1. The first kappa shape index (κ1) is 13.3. The first-order valence-electron chi connectivity index (χ1n) is 5.33. The van der Waals surface area contributed by atoms with E-state index in [0.29, 0.717) is 4.74 Å². The molecule has 0 aliphatic carbocycles. The van der Waals surface area contributed by atoms with Gasteiger partial charge in [-0.2, -0.15) is 8.42 Å². The molecule has 2 aromatic rings. The topological polar surface area (TPSA) is 93.6 Å². The summed E-state index contributed by atoms with van der Waals surface area (Å²) < 4.78 is 36.2. The van der Waals surface area contributed by atoms with Gasteiger partial charge < -0.3 is 9.62 Å². The second-order valence-electron chi connectivity index (χ2n) is 3.86. The molecular weight excluding hydrogens is 270 g/mol. The second-order valence-corrected chi connectivity index (χ2v) is 5.25. The van der Waals surface area contributed by atoms with Crippen molar-refractivity contribution in [3.05, 3.63) is 59.2 Å². The molecular formula is C12H11NO5S. The number of hydroxylamine groups is 1. The minimum atomic E-state index is -4.40. The van der Waals surface area contributed by atoms with Crippen LogP contribution in [-0.4, -0.2) is 23.9 Å². The van der Waals surface area contributed by atoms with Gasteiger partial charge in [0.05, 0.1) is 5.56 Å². The quantitative estimate of drug-likeness (QED) is 0.302. The Morgan fingerprint density at radius 3 is 2.58 bits per heavy atom. The maximum Gasteiger partial charge on any atom is 0.298 e. The van der Waals surface area contributed by atoms with Crippen LogP contribution in [0.2, 0.25) is 0 Å². The molecule has 19 heavy (non-hydrogen) atoms. The van der Waals surface area contributed by atoms with Crippen molar-refractivity contribution >= 4 is 16.3 Å². The molecule has 0 spiro atoms. The predicted molar refractivity (Wildman–Crippen MR) is 67.5 cm³/mol. The van der Waals surface area contributed by atoms with Gasteiger partial charge in [-0.3, -0.25) is 4.55 Å². The zero-order valence-corrected chi connectivity index (χ0v) is 10.6. The molecule has 1 aromatic heterocycles. The summed E-state index contributed by atoms with van der Waals surface area (Å²) in [4.78, 5) is -0.429. The molecule has 0 bridgehead atoms. The molecule has 0 saturated heterocycles. The van der Waals surface area contributed by atoms with Crippen LogP contribution in [0.4, 0.5) is 0 Å². The predicted octanol–water partition coefficient (Wildman–Crippen LogP) is 1.66. The Hall–Kier alpha value is -2.12. The number of nitrogens with zero attached hydrogens (tertiary/aromatic N) is 1. The van der Waals surface area contributed by atoms with E-state index in [9.17, 15) is 13.6 Å². The zero-order valence-electron chi connectivity index (χ0n) is 9.76. The van der Waals surface area contributed by atoms with Gasteiger partial charge >= 0.3 is 0 Å². The highest BCUT2D eigenvalue weighted by Crippen LogP contribution is 2.14. The van der Waals surface area contributed by atoms with Crippen molar-refractivity contribution in [1.29, 1.82) is 0 Å². The summed E-state index contributed by atoms with van der Waals surface area (Å²) in [5.74, 6) is 0. The lowest BCUT2D eigenvalue weighted by molar-refractivity contribution is -0.469. The molecule has 7 heteroatoms. The summed E-state index contributed by atoms with van der Waals surface area (Å²) in [5, 5.41) is 11.7. The van der Waals surface area contributed by atoms with Gasteiger partial charge in [-0.1, -0.05) is 30.3 Å². The van der Waals surface area contributed by atoms with Crippen LogP contribution in [-0.2, 0) is 16.7 Å². The first-order chi connectivity index (χ1) is 8.97. The van der Waals surface area contributed by atoms with Crippen LogP contribution >= 0.6 is 0 Å². The van der Waals surface area contributed by atoms with Crippen LogP contribution in [0.1, 0.15) is 11.1 Å². The molecule has 0 aliphatic heterocycles. The normalized spacial score (nSPS) is 12.6. The molecule has 0 amide bonds. The fraction of sp³-hybridized carbons (Fsp3) is 0.0833. The Bertz CT molecular complexity index is 688. The van der Waals surface area contributed by atoms with Crippen molar-refractivity contribution in [1.82, 2.24) is 0 Å². The van der Waals surface area contributed by atoms with Gasteiger partial charge in [-0.15, -0.1) is 0 Å². The van der Waals surface area contributed by atoms with E-state index in [1.54, 1.807) is 24.3 Å². The molecule has 6 nitrogen and oxygen atoms in total. The van der Waals surface area contributed by atoms with E-state index in [2.05, 4.69) is 4.42 Å². The average Bonchev–Trinajstić information content (AvgIpc) is 2.78. The van der Waals surface area contributed by atoms with Crippen molar-refractivity contribution in [2.75, 3.05) is 0 Å². The Morgan fingerprint density at radius 2 is 1.95 bits per heavy atom. The Balaban J connectivity index is 2.25. The smallest absolute Gasteiger partial charge is 0.298 e. The summed E-state index contributed by atoms with van der Waals surface area (Å²) in [6, 6.07) is 8.97. The molecule has 100 valence electrons. The SMILES string of the molecule is O=S(=O)(O)c1cocc1C=[N+]([O-])Cc1ccccc1. The summed E-state index contributed by atoms with van der Waals surface area (Å²) in [5.41, 5.74) is 0.791. The first-order valence-corrected chi connectivity index (χ1v) is 6.77. The van der Waals surface area contributed by atoms with E-state index in [1.165, 1.54) is 0 Å². The number of hydrogen-bond donors (Lipinski definition) is 1. The monoisotopic (exact) mass is 281 g/mol. The van der Waals surface area contributed by atoms with Crippen molar-refractivity contribution in [2.24, 2.45) is 0 Å². The van der Waals surface area contributed by atoms with E-state index in [4.69, 9.17) is 4.55 Å². The number of rotatable bonds is 4. The Morgan fingerprint density at radius 1 is 1.26 bits per heavy atom. The zero-order chi connectivity index (χ0) is 13.9. The number of furan rings is 1. The average molecular weight is 281 g/mol. The maximum absolute atomic E-state index is 11.7. The third-order valence-electron chi connectivity index (χ3n) is 2.40. The fourth-order valence-corrected chi connectivity index (χ4v) is 2.14. The van der Waals surface area contributed by atoms with Crippen molar-refractivity contribution in [3.63, 3.8) is 0 Å². The van der Waals surface area contributed by atoms with Crippen LogP contribution in [0.3, 0.4) is 0 Å². The van der Waals surface area contributed by atoms with Crippen molar-refractivity contribution < 1.29 is 22.1 Å². The summed E-state index contributed by atoms with van der Waals surface area (Å²) in [7, 11) is -4.40. The van der Waals surface area contributed by atoms with Gasteiger partial charge in [0.15, 0.2) is 12.8 Å². The van der Waals surface area contributed by atoms with Gasteiger partial charge in [-0.25, -0.2) is 4.74 Å². The molecule has 0 saturated carbocycles. The lowest BCUT2D eigenvalue weighted by Gasteiger charge is -2.03. The fourth-order valence-electron chi connectivity index (χ4n) is 1.56. The van der Waals surface area contributed by atoms with Crippen molar-refractivity contribution in [3.8, 4) is 0 Å². The number of hydrogen-bond acceptors (Lipinski definition) is 4. The maximum atomic E-state index is 11.7. The molecule has 0 aliphatic rings. The Labute approximate surface area is 109 Å². The van der Waals surface area contributed by atoms with Crippen LogP contribution in [0.5, 0.6) is 0 Å².